The summed E-state index contributed by atoms with van der Waals surface area (Å²) in [7, 11) is 2.45. The number of rotatable bonds is 13. The Balaban J connectivity index is 1.34. The number of benzene rings is 2. The fourth-order valence-electron chi connectivity index (χ4n) is 4.38. The highest BCUT2D eigenvalue weighted by Crippen LogP contribution is 2.19. The van der Waals surface area contributed by atoms with Crippen molar-refractivity contribution >= 4 is 58.8 Å². The van der Waals surface area contributed by atoms with Crippen molar-refractivity contribution in [1.82, 2.24) is 30.6 Å². The van der Waals surface area contributed by atoms with Crippen molar-refractivity contribution < 1.29 is 33.4 Å². The number of nitrogens with zero attached hydrogens (tertiary/aromatic N) is 5. The molecule has 2 heterocycles. The summed E-state index contributed by atoms with van der Waals surface area (Å²) in [6.45, 7) is 0.232. The smallest absolute Gasteiger partial charge is 0.337 e. The number of nitrogens with two attached hydrogens (primary N) is 2. The van der Waals surface area contributed by atoms with Crippen LogP contribution in [-0.2, 0) is 25.6 Å². The van der Waals surface area contributed by atoms with Gasteiger partial charge in [-0.1, -0.05) is 6.07 Å². The molecule has 0 unspecified atom stereocenters. The topological polar surface area (TPSA) is 235 Å². The number of aromatic nitrogens is 4. The fourth-order valence-corrected chi connectivity index (χ4v) is 4.38. The maximum Gasteiger partial charge on any atom is 0.337 e. The molecule has 2 aromatic heterocycles. The first-order chi connectivity index (χ1) is 22.1. The van der Waals surface area contributed by atoms with Crippen molar-refractivity contribution in [3.05, 3.63) is 77.1 Å². The number of methoxy groups -OCH3 is 2. The lowest BCUT2D eigenvalue weighted by Crippen LogP contribution is -2.42. The van der Waals surface area contributed by atoms with E-state index in [0.29, 0.717) is 24.2 Å². The number of amides is 3. The SMILES string of the molecule is COC(=O)c1cccc(C(=O)NCCC[C@H](NC(=O)c2ccc(N(C=O)Cc3cnc4nc(N)nc(N)c4n3)cc2)C(=O)OC)c1. The summed E-state index contributed by atoms with van der Waals surface area (Å²) in [5.74, 6) is -2.15. The number of esters is 2. The van der Waals surface area contributed by atoms with Gasteiger partial charge in [-0.3, -0.25) is 14.4 Å². The van der Waals surface area contributed by atoms with Gasteiger partial charge >= 0.3 is 11.9 Å². The van der Waals surface area contributed by atoms with Crippen LogP contribution in [0, 0.1) is 0 Å². The van der Waals surface area contributed by atoms with Gasteiger partial charge in [-0.25, -0.2) is 19.6 Å². The minimum absolute atomic E-state index is 0.0336. The molecule has 1 atom stereocenters. The third-order valence-corrected chi connectivity index (χ3v) is 6.71. The van der Waals surface area contributed by atoms with Crippen molar-refractivity contribution in [1.29, 1.82) is 0 Å². The molecular weight excluding hydrogens is 598 g/mol. The van der Waals surface area contributed by atoms with E-state index in [1.54, 1.807) is 24.3 Å². The molecule has 4 aromatic rings. The molecule has 238 valence electrons. The molecule has 0 aliphatic carbocycles. The van der Waals surface area contributed by atoms with Gasteiger partial charge in [0.1, 0.15) is 6.04 Å². The van der Waals surface area contributed by atoms with E-state index in [4.69, 9.17) is 16.2 Å². The second kappa shape index (κ2) is 15.0. The zero-order valence-electron chi connectivity index (χ0n) is 24.9. The molecule has 16 nitrogen and oxygen atoms in total. The highest BCUT2D eigenvalue weighted by Gasteiger charge is 2.22. The monoisotopic (exact) mass is 629 g/mol. The Morgan fingerprint density at radius 3 is 2.37 bits per heavy atom. The van der Waals surface area contributed by atoms with Gasteiger partial charge in [0.05, 0.1) is 38.2 Å². The maximum atomic E-state index is 13.0. The Kier molecular flexibility index (Phi) is 10.7. The molecule has 6 N–H and O–H groups in total. The molecule has 16 heteroatoms. The van der Waals surface area contributed by atoms with Gasteiger partial charge in [0.25, 0.3) is 11.8 Å². The summed E-state index contributed by atoms with van der Waals surface area (Å²) in [6, 6.07) is 11.2. The number of nitrogens with one attached hydrogen (secondary N) is 2. The first-order valence-electron chi connectivity index (χ1n) is 13.8. The lowest BCUT2D eigenvalue weighted by atomic mass is 10.1. The molecule has 0 saturated heterocycles. The average Bonchev–Trinajstić information content (AvgIpc) is 3.07. The minimum Gasteiger partial charge on any atom is -0.467 e. The largest absolute Gasteiger partial charge is 0.467 e. The normalized spacial score (nSPS) is 11.3. The lowest BCUT2D eigenvalue weighted by molar-refractivity contribution is -0.143. The summed E-state index contributed by atoms with van der Waals surface area (Å²) in [5, 5.41) is 5.37. The van der Waals surface area contributed by atoms with E-state index in [9.17, 15) is 24.0 Å². The second-order valence-corrected chi connectivity index (χ2v) is 9.80. The fraction of sp³-hybridized carbons (Fsp3) is 0.233. The van der Waals surface area contributed by atoms with Crippen LogP contribution in [0.4, 0.5) is 17.5 Å². The van der Waals surface area contributed by atoms with E-state index in [2.05, 4.69) is 35.3 Å². The number of hydrogen-bond acceptors (Lipinski definition) is 13. The lowest BCUT2D eigenvalue weighted by Gasteiger charge is -2.19. The molecule has 0 spiro atoms. The third-order valence-electron chi connectivity index (χ3n) is 6.71. The quantitative estimate of drug-likeness (QED) is 0.0919. The van der Waals surface area contributed by atoms with Crippen LogP contribution in [-0.4, -0.2) is 76.9 Å². The molecule has 46 heavy (non-hydrogen) atoms. The van der Waals surface area contributed by atoms with Crippen molar-refractivity contribution in [2.75, 3.05) is 37.1 Å². The van der Waals surface area contributed by atoms with Crippen molar-refractivity contribution in [3.63, 3.8) is 0 Å². The summed E-state index contributed by atoms with van der Waals surface area (Å²) < 4.78 is 9.52. The van der Waals surface area contributed by atoms with Gasteiger partial charge in [-0.2, -0.15) is 9.97 Å². The first-order valence-corrected chi connectivity index (χ1v) is 13.8. The predicted molar refractivity (Wildman–Crippen MR) is 165 cm³/mol. The summed E-state index contributed by atoms with van der Waals surface area (Å²) in [5.41, 5.74) is 13.6. The summed E-state index contributed by atoms with van der Waals surface area (Å²) >= 11 is 0. The van der Waals surface area contributed by atoms with Gasteiger partial charge in [-0.15, -0.1) is 0 Å². The van der Waals surface area contributed by atoms with E-state index in [-0.39, 0.29) is 59.1 Å². The number of fused-ring (bicyclic) bond motifs is 1. The number of anilines is 3. The molecule has 0 saturated carbocycles. The highest BCUT2D eigenvalue weighted by atomic mass is 16.5. The van der Waals surface area contributed by atoms with E-state index >= 15 is 0 Å². The summed E-state index contributed by atoms with van der Waals surface area (Å²) in [6.07, 6.45) is 2.55. The number of carbonyl (C=O) groups excluding carboxylic acids is 5. The number of hydrogen-bond donors (Lipinski definition) is 4. The Morgan fingerprint density at radius 1 is 0.935 bits per heavy atom. The van der Waals surface area contributed by atoms with Crippen LogP contribution in [0.5, 0.6) is 0 Å². The molecule has 0 aliphatic heterocycles. The number of nitrogen functional groups attached to an aromatic ring is 2. The standard InChI is InChI=1S/C30H31N9O7/c1-45-28(43)19-6-3-5-18(13-19)26(41)33-12-4-7-22(29(44)46-2)36-27(42)17-8-10-21(11-9-17)39(16-40)15-20-14-34-25-23(35-20)24(31)37-30(32)38-25/h3,5-6,8-11,13-14,16,22H,4,7,12,15H2,1-2H3,(H,33,41)(H,36,42)(H4,31,32,34,37,38)/t22-/m0/s1. The van der Waals surface area contributed by atoms with Crippen LogP contribution in [0.15, 0.2) is 54.7 Å². The molecule has 0 fully saturated rings. The highest BCUT2D eigenvalue weighted by molar-refractivity contribution is 5.98. The Bertz CT molecular complexity index is 1770. The molecular formula is C30H31N9O7. The molecule has 0 radical (unpaired) electrons. The van der Waals surface area contributed by atoms with E-state index in [1.165, 1.54) is 49.6 Å². The van der Waals surface area contributed by atoms with Crippen LogP contribution >= 0.6 is 0 Å². The van der Waals surface area contributed by atoms with Crippen molar-refractivity contribution in [3.8, 4) is 0 Å². The Hall–Kier alpha value is -6.19. The zero-order valence-corrected chi connectivity index (χ0v) is 24.9. The molecule has 0 aliphatic rings. The van der Waals surface area contributed by atoms with E-state index in [0.717, 1.165) is 0 Å². The second-order valence-electron chi connectivity index (χ2n) is 9.80. The van der Waals surface area contributed by atoms with E-state index in [1.807, 2.05) is 0 Å². The van der Waals surface area contributed by atoms with Gasteiger partial charge in [0.15, 0.2) is 17.0 Å². The third kappa shape index (κ3) is 8.04. The van der Waals surface area contributed by atoms with Gasteiger partial charge in [-0.05, 0) is 55.3 Å². The van der Waals surface area contributed by atoms with Crippen molar-refractivity contribution in [2.24, 2.45) is 0 Å². The van der Waals surface area contributed by atoms with Crippen LogP contribution in [0.2, 0.25) is 0 Å². The predicted octanol–water partition coefficient (Wildman–Crippen LogP) is 1.02. The zero-order chi connectivity index (χ0) is 33.2. The Labute approximate surface area is 262 Å². The van der Waals surface area contributed by atoms with Crippen LogP contribution in [0.25, 0.3) is 11.2 Å². The van der Waals surface area contributed by atoms with Gasteiger partial charge in [0, 0.05) is 23.4 Å². The molecule has 3 amide bonds. The average molecular weight is 630 g/mol. The maximum absolute atomic E-state index is 13.0. The first kappa shape index (κ1) is 32.7. The van der Waals surface area contributed by atoms with Gasteiger partial charge in [0.2, 0.25) is 12.4 Å². The van der Waals surface area contributed by atoms with Crippen molar-refractivity contribution in [2.45, 2.75) is 25.4 Å². The van der Waals surface area contributed by atoms with Crippen LogP contribution in [0.3, 0.4) is 0 Å². The number of carbonyl (C=O) groups is 5. The molecule has 0 bridgehead atoms. The van der Waals surface area contributed by atoms with Gasteiger partial charge < -0.3 is 36.5 Å². The summed E-state index contributed by atoms with van der Waals surface area (Å²) in [4.78, 5) is 79.3. The number of ether oxygens (including phenoxy) is 2. The van der Waals surface area contributed by atoms with E-state index < -0.39 is 29.8 Å². The van der Waals surface area contributed by atoms with Crippen LogP contribution < -0.4 is 27.0 Å². The minimum atomic E-state index is -0.985. The Morgan fingerprint density at radius 2 is 1.67 bits per heavy atom. The molecule has 2 aromatic carbocycles. The molecule has 4 rings (SSSR count). The van der Waals surface area contributed by atoms with Crippen LogP contribution in [0.1, 0.15) is 49.6 Å².